The first kappa shape index (κ1) is 68.3. The fraction of sp³-hybridized carbons (Fsp3) is 0.390. The van der Waals surface area contributed by atoms with Crippen molar-refractivity contribution in [3.05, 3.63) is 132 Å². The van der Waals surface area contributed by atoms with Crippen LogP contribution in [0.5, 0.6) is 5.75 Å². The summed E-state index contributed by atoms with van der Waals surface area (Å²) in [5, 5.41) is 11.3. The zero-order valence-electron chi connectivity index (χ0n) is 47.1. The van der Waals surface area contributed by atoms with Crippen molar-refractivity contribution in [3.63, 3.8) is 0 Å². The van der Waals surface area contributed by atoms with E-state index in [9.17, 15) is 56.9 Å². The summed E-state index contributed by atoms with van der Waals surface area (Å²) in [5.41, 5.74) is 4.81. The molecule has 0 N–H and O–H groups in total. The second-order valence-electron chi connectivity index (χ2n) is 19.6. The number of rotatable bonds is 15. The molecule has 0 bridgehead atoms. The largest absolute Gasteiger partial charge is 0.489 e. The van der Waals surface area contributed by atoms with Gasteiger partial charge in [-0.3, -0.25) is 43.7 Å². The molecule has 2 heterocycles. The van der Waals surface area contributed by atoms with Crippen LogP contribution in [0.25, 0.3) is 6.08 Å². The number of methoxy groups -OCH3 is 1. The number of benzene rings is 4. The van der Waals surface area contributed by atoms with Crippen molar-refractivity contribution in [2.45, 2.75) is 108 Å². The third-order valence-electron chi connectivity index (χ3n) is 13.6. The minimum Gasteiger partial charge on any atom is -0.489 e. The number of Topliss-reactive ketones (excluding diaryl/α,β-unsaturated/α-hetero) is 3. The molecule has 4 aromatic rings. The van der Waals surface area contributed by atoms with Crippen LogP contribution in [-0.4, -0.2) is 116 Å². The molecule has 0 saturated heterocycles. The van der Waals surface area contributed by atoms with Gasteiger partial charge in [-0.25, -0.2) is 18.1 Å². The van der Waals surface area contributed by atoms with Crippen LogP contribution in [0, 0.1) is 23.0 Å². The van der Waals surface area contributed by atoms with Crippen LogP contribution in [0.2, 0.25) is 5.02 Å². The molecule has 1 saturated carbocycles. The minimum absolute atomic E-state index is 0.0223. The van der Waals surface area contributed by atoms with Crippen LogP contribution in [0.15, 0.2) is 99.9 Å². The van der Waals surface area contributed by atoms with Gasteiger partial charge in [0.15, 0.2) is 32.0 Å². The molecule has 4 aromatic carbocycles. The highest BCUT2D eigenvalue weighted by Crippen LogP contribution is 2.38. The van der Waals surface area contributed by atoms with Gasteiger partial charge < -0.3 is 24.0 Å². The van der Waals surface area contributed by atoms with Crippen molar-refractivity contribution in [1.29, 1.82) is 0 Å². The number of amides is 4. The van der Waals surface area contributed by atoms with Crippen molar-refractivity contribution >= 4 is 144 Å². The standard InChI is InChI=1S/C19H17Cl2NO4.C15H22ClNO2.C14H13NO7S.C11H11Cl2NO2/c1-2-26-19(25)16(21)10-11-9-12(7-8-15(11)20)22-17(23)13-5-3-4-6-14(13)18(22)24;1-5-13-8-6-7-11(2)15(13)17(14(18)9-16)12(3)10-19-4;1-23(21,22)8-5-6-9(10(7-8)15(19)20)14(18)13-11(16)3-2-4-12(13)17;1-7-6-16-9-5-3-2-4-8(9)14(7)11(15)10(12)13/h7-10H,2-6H2,1H3;6-8,12H,5,9-10H2,1-4H3;5-7,13H,2-4H2,1H3;2-5,7,10H,6H2,1H3/b16-10-;;;. The molecule has 2 atom stereocenters. The molecular weight excluding hydrogens is 1210 g/mol. The number of imide groups is 1. The highest BCUT2D eigenvalue weighted by atomic mass is 35.5. The van der Waals surface area contributed by atoms with E-state index >= 15 is 0 Å². The molecule has 25 heteroatoms. The normalized spacial score (nSPS) is 16.4. The van der Waals surface area contributed by atoms with E-state index in [0.29, 0.717) is 65.6 Å². The predicted molar refractivity (Wildman–Crippen MR) is 322 cm³/mol. The quantitative estimate of drug-likeness (QED) is 0.0157. The molecule has 0 radical (unpaired) electrons. The Labute approximate surface area is 512 Å². The Morgan fingerprint density at radius 3 is 2.08 bits per heavy atom. The van der Waals surface area contributed by atoms with Crippen molar-refractivity contribution < 1.29 is 65.9 Å². The Bertz CT molecular complexity index is 3340. The van der Waals surface area contributed by atoms with Gasteiger partial charge in [0.25, 0.3) is 23.4 Å². The Hall–Kier alpha value is -6.52. The SMILES string of the molecule is CC1COc2ccccc2N1C(=O)C(Cl)Cl.CCOC(=O)/C(Cl)=C/c1cc(N2C(=O)C3=C(CCCC3)C2=O)ccc1Cl.CCc1cccc(C)c1N(C(=O)CCl)C(C)COC.CS(=O)(=O)c1ccc(C(=O)C2C(=O)CCCC2=O)c([N+](=O)[O-])c1. The van der Waals surface area contributed by atoms with Gasteiger partial charge >= 0.3 is 5.97 Å². The summed E-state index contributed by atoms with van der Waals surface area (Å²) in [4.78, 5) is 111. The van der Waals surface area contributed by atoms with Gasteiger partial charge in [0.05, 0.1) is 57.7 Å². The summed E-state index contributed by atoms with van der Waals surface area (Å²) in [6.07, 6.45) is 6.70. The highest BCUT2D eigenvalue weighted by molar-refractivity contribution is 7.90. The summed E-state index contributed by atoms with van der Waals surface area (Å²) in [6.45, 7) is 10.8. The fourth-order valence-electron chi connectivity index (χ4n) is 9.67. The van der Waals surface area contributed by atoms with Crippen molar-refractivity contribution in [1.82, 2.24) is 0 Å². The lowest BCUT2D eigenvalue weighted by molar-refractivity contribution is -0.385. The van der Waals surface area contributed by atoms with E-state index in [1.807, 2.05) is 57.2 Å². The number of carbonyl (C=O) groups excluding carboxylic acids is 8. The Balaban J connectivity index is 0.000000208. The Morgan fingerprint density at radius 1 is 0.893 bits per heavy atom. The minimum atomic E-state index is -3.70. The van der Waals surface area contributed by atoms with Crippen LogP contribution in [-0.2, 0) is 59.3 Å². The number of para-hydroxylation sites is 3. The number of hydrogen-bond acceptors (Lipinski definition) is 15. The molecule has 84 heavy (non-hydrogen) atoms. The number of aryl methyl sites for hydroxylation is 2. The van der Waals surface area contributed by atoms with Gasteiger partial charge in [-0.15, -0.1) is 11.6 Å². The smallest absolute Gasteiger partial charge is 0.349 e. The average molecular weight is 1280 g/mol. The van der Waals surface area contributed by atoms with E-state index < -0.39 is 60.1 Å². The molecule has 2 aliphatic heterocycles. The molecule has 2 unspecified atom stereocenters. The summed E-state index contributed by atoms with van der Waals surface area (Å²) in [5.74, 6) is -4.58. The number of nitro groups is 1. The molecule has 8 rings (SSSR count). The van der Waals surface area contributed by atoms with Crippen LogP contribution in [0.3, 0.4) is 0 Å². The van der Waals surface area contributed by atoms with Gasteiger partial charge in [-0.2, -0.15) is 0 Å². The lowest BCUT2D eigenvalue weighted by atomic mass is 9.81. The first-order valence-electron chi connectivity index (χ1n) is 26.5. The number of esters is 1. The van der Waals surface area contributed by atoms with E-state index in [0.717, 1.165) is 66.2 Å². The lowest BCUT2D eigenvalue weighted by Gasteiger charge is -2.35. The number of ketones is 3. The topological polar surface area (TPSA) is 251 Å². The maximum atomic E-state index is 12.7. The molecular formula is C59H63Cl5N4O15S. The maximum Gasteiger partial charge on any atom is 0.349 e. The number of sulfone groups is 1. The number of nitrogens with zero attached hydrogens (tertiary/aromatic N) is 4. The zero-order chi connectivity index (χ0) is 62.3. The van der Waals surface area contributed by atoms with Crippen molar-refractivity contribution in [2.75, 3.05) is 53.8 Å². The van der Waals surface area contributed by atoms with Crippen LogP contribution in [0.1, 0.15) is 99.7 Å². The van der Waals surface area contributed by atoms with Gasteiger partial charge in [-0.05, 0) is 131 Å². The second-order valence-corrected chi connectivity index (χ2v) is 23.8. The predicted octanol–water partition coefficient (Wildman–Crippen LogP) is 11.1. The molecule has 0 aromatic heterocycles. The summed E-state index contributed by atoms with van der Waals surface area (Å²) in [7, 11) is -2.06. The molecule has 2 aliphatic carbocycles. The van der Waals surface area contributed by atoms with Crippen LogP contribution < -0.4 is 19.4 Å². The van der Waals surface area contributed by atoms with Gasteiger partial charge in [0.2, 0.25) is 5.91 Å². The number of nitro benzene ring substituents is 1. The molecule has 450 valence electrons. The van der Waals surface area contributed by atoms with Gasteiger partial charge in [-0.1, -0.05) is 83.7 Å². The molecule has 0 spiro atoms. The molecule has 4 aliphatic rings. The molecule has 4 amide bonds. The first-order chi connectivity index (χ1) is 39.7. The first-order valence-corrected chi connectivity index (χ1v) is 30.6. The highest BCUT2D eigenvalue weighted by Gasteiger charge is 2.41. The van der Waals surface area contributed by atoms with Gasteiger partial charge in [0.1, 0.15) is 29.2 Å². The summed E-state index contributed by atoms with van der Waals surface area (Å²) < 4.78 is 38.5. The Kier molecular flexibility index (Phi) is 25.2. The van der Waals surface area contributed by atoms with E-state index in [4.69, 9.17) is 72.2 Å². The monoisotopic (exact) mass is 1270 g/mol. The lowest BCUT2D eigenvalue weighted by Crippen LogP contribution is -2.47. The van der Waals surface area contributed by atoms with Crippen LogP contribution >= 0.6 is 58.0 Å². The molecule has 1 fully saturated rings. The maximum absolute atomic E-state index is 12.7. The zero-order valence-corrected chi connectivity index (χ0v) is 51.7. The summed E-state index contributed by atoms with van der Waals surface area (Å²) in [6, 6.07) is 20.8. The van der Waals surface area contributed by atoms with E-state index in [2.05, 4.69) is 13.0 Å². The number of anilines is 3. The average Bonchev–Trinajstić information content (AvgIpc) is 3.95. The molecule has 19 nitrogen and oxygen atoms in total. The van der Waals surface area contributed by atoms with Gasteiger partial charge in [0, 0.05) is 48.4 Å². The van der Waals surface area contributed by atoms with Crippen molar-refractivity contribution in [2.24, 2.45) is 5.92 Å². The number of carbonyl (C=O) groups is 8. The van der Waals surface area contributed by atoms with Crippen molar-refractivity contribution in [3.8, 4) is 5.75 Å². The fourth-order valence-corrected chi connectivity index (χ4v) is 11.0. The number of ether oxygens (including phenoxy) is 3. The number of halogens is 5. The number of hydrogen-bond donors (Lipinski definition) is 0. The number of alkyl halides is 3. The Morgan fingerprint density at radius 2 is 1.52 bits per heavy atom. The number of fused-ring (bicyclic) bond motifs is 1. The third-order valence-corrected chi connectivity index (χ3v) is 16.0. The van der Waals surface area contributed by atoms with Crippen LogP contribution in [0.4, 0.5) is 22.7 Å². The third kappa shape index (κ3) is 16.7. The second kappa shape index (κ2) is 31.0. The van der Waals surface area contributed by atoms with E-state index in [1.54, 1.807) is 42.0 Å². The summed E-state index contributed by atoms with van der Waals surface area (Å²) >= 11 is 29.1. The van der Waals surface area contributed by atoms with E-state index in [1.165, 1.54) is 11.0 Å². The van der Waals surface area contributed by atoms with E-state index in [-0.39, 0.29) is 71.0 Å².